The van der Waals surface area contributed by atoms with E-state index in [4.69, 9.17) is 0 Å². The molecule has 0 aromatic carbocycles. The van der Waals surface area contributed by atoms with E-state index in [0.717, 1.165) is 21.5 Å². The number of thiophene rings is 1. The van der Waals surface area contributed by atoms with Gasteiger partial charge in [0.05, 0.1) is 16.5 Å². The minimum Gasteiger partial charge on any atom is -0.349 e. The van der Waals surface area contributed by atoms with Crippen molar-refractivity contribution in [1.82, 2.24) is 15.3 Å². The van der Waals surface area contributed by atoms with E-state index in [1.54, 1.807) is 0 Å². The molecule has 2 heterocycles. The molecule has 1 aliphatic carbocycles. The number of carbonyl (C=O) groups is 1. The number of halogens is 3. The van der Waals surface area contributed by atoms with Crippen molar-refractivity contribution in [2.45, 2.75) is 77.9 Å². The number of alkyl halides is 3. The highest BCUT2D eigenvalue weighted by Gasteiger charge is 2.42. The first-order valence-electron chi connectivity index (χ1n) is 9.53. The topological polar surface area (TPSA) is 54.9 Å². The number of hydrogen-bond acceptors (Lipinski definition) is 4. The molecule has 8 heteroatoms. The van der Waals surface area contributed by atoms with E-state index < -0.39 is 18.1 Å². The predicted octanol–water partition coefficient (Wildman–Crippen LogP) is 5.46. The molecule has 0 spiro atoms. The number of carbonyl (C=O) groups excluding carboxylic acids is 1. The third-order valence-corrected chi connectivity index (χ3v) is 6.50. The second-order valence-electron chi connectivity index (χ2n) is 8.69. The van der Waals surface area contributed by atoms with Crippen LogP contribution in [-0.4, -0.2) is 28.1 Å². The van der Waals surface area contributed by atoms with Crippen LogP contribution < -0.4 is 5.32 Å². The van der Waals surface area contributed by atoms with Gasteiger partial charge in [0, 0.05) is 16.8 Å². The Labute approximate surface area is 167 Å². The van der Waals surface area contributed by atoms with Crippen molar-refractivity contribution in [2.75, 3.05) is 0 Å². The van der Waals surface area contributed by atoms with Crippen molar-refractivity contribution in [2.24, 2.45) is 5.92 Å². The summed E-state index contributed by atoms with van der Waals surface area (Å²) in [6.07, 6.45) is -3.06. The highest BCUT2D eigenvalue weighted by molar-refractivity contribution is 7.20. The molecule has 0 aliphatic heterocycles. The molecule has 2 aromatic rings. The van der Waals surface area contributed by atoms with Gasteiger partial charge in [-0.1, -0.05) is 27.2 Å². The summed E-state index contributed by atoms with van der Waals surface area (Å²) in [5.74, 6) is -0.937. The maximum Gasteiger partial charge on any atom is 0.391 e. The van der Waals surface area contributed by atoms with Gasteiger partial charge in [-0.05, 0) is 38.7 Å². The zero-order valence-electron chi connectivity index (χ0n) is 16.8. The number of hydrogen-bond donors (Lipinski definition) is 1. The molecular formula is C20H26F3N3OS. The van der Waals surface area contributed by atoms with Crippen molar-refractivity contribution in [3.63, 3.8) is 0 Å². The van der Waals surface area contributed by atoms with Crippen molar-refractivity contribution in [1.29, 1.82) is 0 Å². The molecule has 154 valence electrons. The standard InChI is InChI=1S/C20H26F3N3OS/c1-10-14-11(2)24-18(19(3,4)5)26-17(14)28-15(10)16(27)25-13-8-6-7-12(9-13)20(21,22)23/h12-13H,6-9H2,1-5H3,(H,25,27). The Kier molecular flexibility index (Phi) is 5.47. The number of rotatable bonds is 2. The van der Waals surface area contributed by atoms with Crippen molar-refractivity contribution in [3.05, 3.63) is 22.0 Å². The average Bonchev–Trinajstić information content (AvgIpc) is 2.91. The fourth-order valence-corrected chi connectivity index (χ4v) is 4.90. The lowest BCUT2D eigenvalue weighted by Gasteiger charge is -2.30. The van der Waals surface area contributed by atoms with Crippen LogP contribution >= 0.6 is 11.3 Å². The molecule has 1 fully saturated rings. The molecule has 2 atom stereocenters. The molecule has 0 radical (unpaired) electrons. The highest BCUT2D eigenvalue weighted by atomic mass is 32.1. The van der Waals surface area contributed by atoms with Crippen LogP contribution in [0.3, 0.4) is 0 Å². The van der Waals surface area contributed by atoms with E-state index in [1.165, 1.54) is 11.3 Å². The predicted molar refractivity (Wildman–Crippen MR) is 105 cm³/mol. The lowest BCUT2D eigenvalue weighted by atomic mass is 9.85. The highest BCUT2D eigenvalue weighted by Crippen LogP contribution is 2.38. The lowest BCUT2D eigenvalue weighted by molar-refractivity contribution is -0.183. The largest absolute Gasteiger partial charge is 0.391 e. The first kappa shape index (κ1) is 21.0. The molecule has 2 aromatic heterocycles. The molecule has 28 heavy (non-hydrogen) atoms. The summed E-state index contributed by atoms with van der Waals surface area (Å²) in [7, 11) is 0. The summed E-state index contributed by atoms with van der Waals surface area (Å²) in [5.41, 5.74) is 1.39. The third kappa shape index (κ3) is 4.16. The molecule has 0 bridgehead atoms. The first-order valence-corrected chi connectivity index (χ1v) is 10.4. The number of aryl methyl sites for hydroxylation is 2. The van der Waals surface area contributed by atoms with Gasteiger partial charge in [-0.2, -0.15) is 13.2 Å². The van der Waals surface area contributed by atoms with Crippen molar-refractivity contribution < 1.29 is 18.0 Å². The summed E-state index contributed by atoms with van der Waals surface area (Å²) in [6, 6.07) is -0.449. The van der Waals surface area contributed by atoms with Gasteiger partial charge >= 0.3 is 6.18 Å². The monoisotopic (exact) mass is 413 g/mol. The van der Waals surface area contributed by atoms with Crippen LogP contribution in [0.4, 0.5) is 13.2 Å². The number of aromatic nitrogens is 2. The first-order chi connectivity index (χ1) is 12.9. The van der Waals surface area contributed by atoms with Gasteiger partial charge in [0.2, 0.25) is 0 Å². The maximum absolute atomic E-state index is 13.0. The molecule has 4 nitrogen and oxygen atoms in total. The second-order valence-corrected chi connectivity index (χ2v) is 9.69. The van der Waals surface area contributed by atoms with Gasteiger partial charge in [0.25, 0.3) is 5.91 Å². The van der Waals surface area contributed by atoms with Crippen LogP contribution in [0.1, 0.15) is 73.2 Å². The number of nitrogens with zero attached hydrogens (tertiary/aromatic N) is 2. The van der Waals surface area contributed by atoms with E-state index in [2.05, 4.69) is 15.3 Å². The Morgan fingerprint density at radius 3 is 2.43 bits per heavy atom. The van der Waals surface area contributed by atoms with Crippen LogP contribution in [-0.2, 0) is 5.41 Å². The van der Waals surface area contributed by atoms with Crippen LogP contribution in [0.5, 0.6) is 0 Å². The Hall–Kier alpha value is -1.70. The van der Waals surface area contributed by atoms with Gasteiger partial charge in [-0.15, -0.1) is 11.3 Å². The van der Waals surface area contributed by atoms with E-state index in [1.807, 2.05) is 34.6 Å². The fraction of sp³-hybridized carbons (Fsp3) is 0.650. The van der Waals surface area contributed by atoms with Gasteiger partial charge in [-0.25, -0.2) is 9.97 Å². The van der Waals surface area contributed by atoms with Crippen molar-refractivity contribution >= 4 is 27.5 Å². The van der Waals surface area contributed by atoms with E-state index in [0.29, 0.717) is 23.5 Å². The Bertz CT molecular complexity index is 899. The van der Waals surface area contributed by atoms with E-state index in [-0.39, 0.29) is 24.2 Å². The van der Waals surface area contributed by atoms with Gasteiger partial charge < -0.3 is 5.32 Å². The minimum absolute atomic E-state index is 0.0494. The van der Waals surface area contributed by atoms with Crippen LogP contribution in [0.15, 0.2) is 0 Å². The van der Waals surface area contributed by atoms with Gasteiger partial charge in [-0.3, -0.25) is 4.79 Å². The second kappa shape index (κ2) is 7.28. The Morgan fingerprint density at radius 1 is 1.14 bits per heavy atom. The lowest BCUT2D eigenvalue weighted by Crippen LogP contribution is -2.41. The molecule has 1 amide bonds. The fourth-order valence-electron chi connectivity index (χ4n) is 3.76. The number of amides is 1. The number of nitrogens with one attached hydrogen (secondary N) is 1. The number of fused-ring (bicyclic) bond motifs is 1. The summed E-state index contributed by atoms with van der Waals surface area (Å²) in [5, 5.41) is 3.69. The molecule has 1 saturated carbocycles. The summed E-state index contributed by atoms with van der Waals surface area (Å²) < 4.78 is 39.1. The van der Waals surface area contributed by atoms with Crippen LogP contribution in [0.2, 0.25) is 0 Å². The molecule has 2 unspecified atom stereocenters. The molecule has 3 rings (SSSR count). The zero-order valence-corrected chi connectivity index (χ0v) is 17.6. The SMILES string of the molecule is Cc1nc(C(C)(C)C)nc2sc(C(=O)NC3CCCC(C(F)(F)F)C3)c(C)c12. The summed E-state index contributed by atoms with van der Waals surface area (Å²) in [6.45, 7) is 9.83. The Balaban J connectivity index is 1.86. The van der Waals surface area contributed by atoms with Crippen LogP contribution in [0.25, 0.3) is 10.2 Å². The third-order valence-electron chi connectivity index (χ3n) is 5.32. The quantitative estimate of drug-likeness (QED) is 0.712. The van der Waals surface area contributed by atoms with E-state index in [9.17, 15) is 18.0 Å². The maximum atomic E-state index is 13.0. The molecular weight excluding hydrogens is 387 g/mol. The zero-order chi connectivity index (χ0) is 20.9. The molecule has 0 saturated heterocycles. The Morgan fingerprint density at radius 2 is 1.82 bits per heavy atom. The van der Waals surface area contributed by atoms with Crippen LogP contribution in [0, 0.1) is 19.8 Å². The smallest absolute Gasteiger partial charge is 0.349 e. The normalized spacial score (nSPS) is 21.1. The average molecular weight is 414 g/mol. The van der Waals surface area contributed by atoms with E-state index >= 15 is 0 Å². The summed E-state index contributed by atoms with van der Waals surface area (Å²) in [4.78, 5) is 23.3. The summed E-state index contributed by atoms with van der Waals surface area (Å²) >= 11 is 1.29. The molecule has 1 aliphatic rings. The van der Waals surface area contributed by atoms with Gasteiger partial charge in [0.1, 0.15) is 10.7 Å². The van der Waals surface area contributed by atoms with Crippen molar-refractivity contribution in [3.8, 4) is 0 Å². The van der Waals surface area contributed by atoms with Gasteiger partial charge in [0.15, 0.2) is 0 Å². The minimum atomic E-state index is -4.20. The molecule has 1 N–H and O–H groups in total.